The third kappa shape index (κ3) is 5.09. The lowest BCUT2D eigenvalue weighted by Gasteiger charge is -2.27. The second-order valence-corrected chi connectivity index (χ2v) is 11.4. The van der Waals surface area contributed by atoms with Crippen molar-refractivity contribution >= 4 is 50.6 Å². The van der Waals surface area contributed by atoms with Crippen molar-refractivity contribution in [1.29, 1.82) is 0 Å². The molecule has 2 aromatic heterocycles. The molecule has 1 saturated heterocycles. The van der Waals surface area contributed by atoms with Crippen molar-refractivity contribution in [3.63, 3.8) is 0 Å². The molecule has 6 rings (SSSR count). The summed E-state index contributed by atoms with van der Waals surface area (Å²) in [5.41, 5.74) is 3.74. The molecule has 0 spiro atoms. The first kappa shape index (κ1) is 23.0. The van der Waals surface area contributed by atoms with Gasteiger partial charge in [0.2, 0.25) is 0 Å². The van der Waals surface area contributed by atoms with E-state index < -0.39 is 0 Å². The summed E-state index contributed by atoms with van der Waals surface area (Å²) in [4.78, 5) is 6.56. The van der Waals surface area contributed by atoms with Gasteiger partial charge in [0, 0.05) is 27.7 Å². The summed E-state index contributed by atoms with van der Waals surface area (Å²) in [6.07, 6.45) is 12.8. The van der Waals surface area contributed by atoms with Crippen LogP contribution in [0.5, 0.6) is 0 Å². The molecule has 0 saturated carbocycles. The maximum Gasteiger partial charge on any atom is 0.0915 e. The lowest BCUT2D eigenvalue weighted by atomic mass is 9.96. The van der Waals surface area contributed by atoms with Gasteiger partial charge in [-0.2, -0.15) is 0 Å². The van der Waals surface area contributed by atoms with Crippen LogP contribution in [0.1, 0.15) is 29.7 Å². The van der Waals surface area contributed by atoms with Crippen LogP contribution < -0.4 is 4.90 Å². The average molecular weight is 504 g/mol. The maximum atomic E-state index is 2.55. The van der Waals surface area contributed by atoms with E-state index in [2.05, 4.69) is 120 Å². The van der Waals surface area contributed by atoms with Crippen LogP contribution in [-0.2, 0) is 0 Å². The summed E-state index contributed by atoms with van der Waals surface area (Å²) in [6, 6.07) is 32.9. The molecule has 178 valence electrons. The highest BCUT2D eigenvalue weighted by atomic mass is 32.1. The Balaban J connectivity index is 1.20. The number of hydrogen-bond acceptors (Lipinski definition) is 3. The highest BCUT2D eigenvalue weighted by Gasteiger charge is 2.14. The topological polar surface area (TPSA) is 3.24 Å². The van der Waals surface area contributed by atoms with Gasteiger partial charge in [0.05, 0.1) is 5.00 Å². The van der Waals surface area contributed by atoms with Crippen molar-refractivity contribution in [3.8, 4) is 20.9 Å². The van der Waals surface area contributed by atoms with Gasteiger partial charge in [0.1, 0.15) is 0 Å². The average Bonchev–Trinajstić information content (AvgIpc) is 3.62. The number of piperidine rings is 1. The normalized spacial score (nSPS) is 14.4. The summed E-state index contributed by atoms with van der Waals surface area (Å²) in [7, 11) is 0. The second-order valence-electron chi connectivity index (χ2n) is 9.26. The smallest absolute Gasteiger partial charge is 0.0915 e. The van der Waals surface area contributed by atoms with Crippen molar-refractivity contribution in [2.24, 2.45) is 0 Å². The Labute approximate surface area is 221 Å². The van der Waals surface area contributed by atoms with Gasteiger partial charge in [-0.1, -0.05) is 72.8 Å². The van der Waals surface area contributed by atoms with Crippen LogP contribution in [0.15, 0.2) is 103 Å². The fourth-order valence-corrected chi connectivity index (χ4v) is 6.97. The Bertz CT molecular complexity index is 1510. The SMILES string of the molecule is C(/C=C/c1cc(-c2ccccc2)cc2ccccc12)=C\c1ccc(-c2ccc(N3CCCCC3)s2)s1. The van der Waals surface area contributed by atoms with E-state index in [-0.39, 0.29) is 0 Å². The monoisotopic (exact) mass is 503 g/mol. The molecule has 0 radical (unpaired) electrons. The first-order valence-electron chi connectivity index (χ1n) is 12.7. The minimum Gasteiger partial charge on any atom is -0.363 e. The zero-order chi connectivity index (χ0) is 24.2. The first-order valence-corrected chi connectivity index (χ1v) is 14.3. The zero-order valence-electron chi connectivity index (χ0n) is 20.3. The van der Waals surface area contributed by atoms with Crippen LogP contribution in [0, 0.1) is 0 Å². The Morgan fingerprint density at radius 1 is 0.611 bits per heavy atom. The van der Waals surface area contributed by atoms with Crippen molar-refractivity contribution in [3.05, 3.63) is 114 Å². The highest BCUT2D eigenvalue weighted by molar-refractivity contribution is 7.24. The van der Waals surface area contributed by atoms with Gasteiger partial charge in [-0.3, -0.25) is 0 Å². The summed E-state index contributed by atoms with van der Waals surface area (Å²) in [5, 5.41) is 3.97. The van der Waals surface area contributed by atoms with Gasteiger partial charge in [-0.15, -0.1) is 22.7 Å². The van der Waals surface area contributed by atoms with E-state index in [9.17, 15) is 0 Å². The maximum absolute atomic E-state index is 2.55. The molecule has 0 bridgehead atoms. The lowest BCUT2D eigenvalue weighted by molar-refractivity contribution is 0.580. The predicted molar refractivity (Wildman–Crippen MR) is 161 cm³/mol. The van der Waals surface area contributed by atoms with Gasteiger partial charge in [-0.05, 0) is 89.2 Å². The molecule has 0 aliphatic carbocycles. The number of rotatable bonds is 6. The molecule has 36 heavy (non-hydrogen) atoms. The van der Waals surface area contributed by atoms with Crippen LogP contribution >= 0.6 is 22.7 Å². The van der Waals surface area contributed by atoms with Crippen LogP contribution in [0.4, 0.5) is 5.00 Å². The van der Waals surface area contributed by atoms with Gasteiger partial charge >= 0.3 is 0 Å². The molecule has 3 aromatic carbocycles. The second kappa shape index (κ2) is 10.7. The number of allylic oxidation sites excluding steroid dienone is 2. The summed E-state index contributed by atoms with van der Waals surface area (Å²) in [6.45, 7) is 2.41. The molecule has 1 aliphatic rings. The standard InChI is InChI=1S/C33H29NS2/c1-3-11-25(12-4-1)28-23-26(30-16-8-6-14-27(30)24-28)13-5-7-15-29-17-18-31(35-29)32-19-20-33(36-32)34-21-9-2-10-22-34/h1,3-8,11-20,23-24H,2,9-10,21-22H2/b13-5+,15-7+. The van der Waals surface area contributed by atoms with Gasteiger partial charge in [0.15, 0.2) is 0 Å². The minimum absolute atomic E-state index is 1.20. The highest BCUT2D eigenvalue weighted by Crippen LogP contribution is 2.38. The molecule has 3 heteroatoms. The molecule has 1 fully saturated rings. The van der Waals surface area contributed by atoms with E-state index in [1.807, 2.05) is 22.7 Å². The quantitative estimate of drug-likeness (QED) is 0.208. The molecular weight excluding hydrogens is 475 g/mol. The van der Waals surface area contributed by atoms with Crippen molar-refractivity contribution in [2.45, 2.75) is 19.3 Å². The lowest BCUT2D eigenvalue weighted by Crippen LogP contribution is -2.28. The first-order chi connectivity index (χ1) is 17.8. The molecule has 0 amide bonds. The fourth-order valence-electron chi connectivity index (χ4n) is 4.90. The number of nitrogens with zero attached hydrogens (tertiary/aromatic N) is 1. The number of thiophene rings is 2. The Kier molecular flexibility index (Phi) is 6.84. The van der Waals surface area contributed by atoms with E-state index in [0.29, 0.717) is 0 Å². The third-order valence-electron chi connectivity index (χ3n) is 6.78. The Morgan fingerprint density at radius 2 is 1.36 bits per heavy atom. The number of fused-ring (bicyclic) bond motifs is 1. The summed E-state index contributed by atoms with van der Waals surface area (Å²) >= 11 is 3.80. The van der Waals surface area contributed by atoms with E-state index in [1.54, 1.807) is 0 Å². The Morgan fingerprint density at radius 3 is 2.25 bits per heavy atom. The molecular formula is C33H29NS2. The van der Waals surface area contributed by atoms with E-state index in [1.165, 1.54) is 79.4 Å². The fraction of sp³-hybridized carbons (Fsp3) is 0.152. The minimum atomic E-state index is 1.20. The largest absolute Gasteiger partial charge is 0.363 e. The molecule has 1 aliphatic heterocycles. The third-order valence-corrected chi connectivity index (χ3v) is 9.17. The molecule has 3 heterocycles. The van der Waals surface area contributed by atoms with E-state index >= 15 is 0 Å². The van der Waals surface area contributed by atoms with Crippen LogP contribution in [0.3, 0.4) is 0 Å². The van der Waals surface area contributed by atoms with E-state index in [0.717, 1.165) is 0 Å². The van der Waals surface area contributed by atoms with E-state index in [4.69, 9.17) is 0 Å². The summed E-state index contributed by atoms with van der Waals surface area (Å²) < 4.78 is 0. The molecule has 0 atom stereocenters. The van der Waals surface area contributed by atoms with Crippen molar-refractivity contribution < 1.29 is 0 Å². The number of benzene rings is 3. The predicted octanol–water partition coefficient (Wildman–Crippen LogP) is 10.0. The van der Waals surface area contributed by atoms with Gasteiger partial charge in [0.25, 0.3) is 0 Å². The van der Waals surface area contributed by atoms with Crippen molar-refractivity contribution in [2.75, 3.05) is 18.0 Å². The molecule has 5 aromatic rings. The van der Waals surface area contributed by atoms with Crippen LogP contribution in [0.25, 0.3) is 43.8 Å². The molecule has 0 N–H and O–H groups in total. The summed E-state index contributed by atoms with van der Waals surface area (Å²) in [5.74, 6) is 0. The Hall–Kier alpha value is -3.40. The van der Waals surface area contributed by atoms with Gasteiger partial charge < -0.3 is 4.90 Å². The van der Waals surface area contributed by atoms with Crippen LogP contribution in [0.2, 0.25) is 0 Å². The van der Waals surface area contributed by atoms with Gasteiger partial charge in [-0.25, -0.2) is 0 Å². The zero-order valence-corrected chi connectivity index (χ0v) is 21.9. The van der Waals surface area contributed by atoms with Crippen molar-refractivity contribution in [1.82, 2.24) is 0 Å². The number of hydrogen-bond donors (Lipinski definition) is 0. The number of anilines is 1. The molecule has 1 nitrogen and oxygen atoms in total. The molecule has 0 unspecified atom stereocenters. The van der Waals surface area contributed by atoms with Crippen LogP contribution in [-0.4, -0.2) is 13.1 Å².